The highest BCUT2D eigenvalue weighted by Crippen LogP contribution is 2.18. The molecule has 1 aromatic heterocycles. The molecule has 0 bridgehead atoms. The van der Waals surface area contributed by atoms with Crippen molar-refractivity contribution in [2.45, 2.75) is 19.3 Å². The summed E-state index contributed by atoms with van der Waals surface area (Å²) < 4.78 is 0. The van der Waals surface area contributed by atoms with Gasteiger partial charge in [0.15, 0.2) is 0 Å². The quantitative estimate of drug-likeness (QED) is 0.626. The van der Waals surface area contributed by atoms with Crippen molar-refractivity contribution in [2.24, 2.45) is 0 Å². The van der Waals surface area contributed by atoms with Gasteiger partial charge in [0.05, 0.1) is 6.61 Å². The van der Waals surface area contributed by atoms with Crippen LogP contribution in [0.4, 0.5) is 0 Å². The third-order valence-corrected chi connectivity index (χ3v) is 1.87. The zero-order chi connectivity index (χ0) is 9.19. The Hall–Kier alpha value is -0.825. The lowest BCUT2D eigenvalue weighted by Gasteiger charge is -2.20. The standard InChI is InChI=1S/C9H12BNO/c1-9(2,6-12)8-5-7(10)3-4-11-8/h3-5,12H,6H2,1-2H3. The Bertz CT molecular complexity index is 273. The molecule has 1 rings (SSSR count). The van der Waals surface area contributed by atoms with E-state index in [0.717, 1.165) is 5.69 Å². The highest BCUT2D eigenvalue weighted by molar-refractivity contribution is 6.32. The first-order valence-corrected chi connectivity index (χ1v) is 3.89. The van der Waals surface area contributed by atoms with Gasteiger partial charge in [-0.1, -0.05) is 25.4 Å². The highest BCUT2D eigenvalue weighted by atomic mass is 16.3. The van der Waals surface area contributed by atoms with Crippen molar-refractivity contribution in [3.63, 3.8) is 0 Å². The number of hydrogen-bond donors (Lipinski definition) is 1. The largest absolute Gasteiger partial charge is 0.395 e. The van der Waals surface area contributed by atoms with E-state index in [9.17, 15) is 0 Å². The topological polar surface area (TPSA) is 33.1 Å². The van der Waals surface area contributed by atoms with Crippen LogP contribution in [0, 0.1) is 0 Å². The maximum atomic E-state index is 9.06. The minimum absolute atomic E-state index is 0.0729. The molecule has 0 aliphatic heterocycles. The Morgan fingerprint density at radius 3 is 2.75 bits per heavy atom. The van der Waals surface area contributed by atoms with E-state index in [2.05, 4.69) is 4.98 Å². The van der Waals surface area contributed by atoms with E-state index < -0.39 is 0 Å². The lowest BCUT2D eigenvalue weighted by atomic mass is 9.86. The van der Waals surface area contributed by atoms with Gasteiger partial charge in [-0.2, -0.15) is 0 Å². The first kappa shape index (κ1) is 9.26. The third kappa shape index (κ3) is 1.86. The van der Waals surface area contributed by atoms with E-state index in [1.807, 2.05) is 13.8 Å². The molecule has 0 saturated carbocycles. The summed E-state index contributed by atoms with van der Waals surface area (Å²) in [5.41, 5.74) is 1.20. The van der Waals surface area contributed by atoms with Crippen LogP contribution in [0.2, 0.25) is 0 Å². The molecule has 0 atom stereocenters. The molecule has 62 valence electrons. The first-order valence-electron chi connectivity index (χ1n) is 3.89. The van der Waals surface area contributed by atoms with Gasteiger partial charge in [-0.25, -0.2) is 0 Å². The molecular formula is C9H12BNO. The number of hydrogen-bond acceptors (Lipinski definition) is 2. The van der Waals surface area contributed by atoms with Crippen molar-refractivity contribution in [3.05, 3.63) is 24.0 Å². The number of aliphatic hydroxyl groups is 1. The Labute approximate surface area is 74.1 Å². The fourth-order valence-corrected chi connectivity index (χ4v) is 0.898. The molecule has 2 radical (unpaired) electrons. The summed E-state index contributed by atoms with van der Waals surface area (Å²) in [6.07, 6.45) is 1.65. The molecule has 1 N–H and O–H groups in total. The predicted molar refractivity (Wildman–Crippen MR) is 49.7 cm³/mol. The molecule has 0 aliphatic rings. The van der Waals surface area contributed by atoms with E-state index >= 15 is 0 Å². The molecule has 0 aliphatic carbocycles. The van der Waals surface area contributed by atoms with E-state index in [-0.39, 0.29) is 12.0 Å². The third-order valence-electron chi connectivity index (χ3n) is 1.87. The average Bonchev–Trinajstić information content (AvgIpc) is 2.05. The average molecular weight is 161 g/mol. The summed E-state index contributed by atoms with van der Waals surface area (Å²) in [7, 11) is 5.59. The molecule has 0 amide bonds. The SMILES string of the molecule is [B]c1ccnc(C(C)(C)CO)c1. The van der Waals surface area contributed by atoms with Gasteiger partial charge in [0.2, 0.25) is 0 Å². The summed E-state index contributed by atoms with van der Waals surface area (Å²) in [5.74, 6) is 0. The Morgan fingerprint density at radius 1 is 1.58 bits per heavy atom. The number of nitrogens with zero attached hydrogens (tertiary/aromatic N) is 1. The van der Waals surface area contributed by atoms with Gasteiger partial charge >= 0.3 is 0 Å². The zero-order valence-electron chi connectivity index (χ0n) is 7.41. The summed E-state index contributed by atoms with van der Waals surface area (Å²) in [6.45, 7) is 3.92. The van der Waals surface area contributed by atoms with Crippen LogP contribution in [0.25, 0.3) is 0 Å². The molecule has 3 heteroatoms. The van der Waals surface area contributed by atoms with Crippen LogP contribution in [0.3, 0.4) is 0 Å². The van der Waals surface area contributed by atoms with Crippen molar-refractivity contribution >= 4 is 13.3 Å². The van der Waals surface area contributed by atoms with Crippen LogP contribution in [0.15, 0.2) is 18.3 Å². The van der Waals surface area contributed by atoms with Gasteiger partial charge in [-0.15, -0.1) is 0 Å². The second-order valence-electron chi connectivity index (χ2n) is 3.52. The summed E-state index contributed by atoms with van der Waals surface area (Å²) >= 11 is 0. The van der Waals surface area contributed by atoms with Gasteiger partial charge in [0, 0.05) is 17.3 Å². The van der Waals surface area contributed by atoms with Crippen molar-refractivity contribution in [1.82, 2.24) is 4.98 Å². The van der Waals surface area contributed by atoms with Gasteiger partial charge in [-0.3, -0.25) is 4.98 Å². The predicted octanol–water partition coefficient (Wildman–Crippen LogP) is 0.145. The van der Waals surface area contributed by atoms with Crippen LogP contribution < -0.4 is 5.46 Å². The number of aromatic nitrogens is 1. The molecule has 1 aromatic rings. The molecule has 0 fully saturated rings. The van der Waals surface area contributed by atoms with Crippen molar-refractivity contribution in [2.75, 3.05) is 6.61 Å². The normalized spacial score (nSPS) is 11.6. The van der Waals surface area contributed by atoms with Crippen LogP contribution in [-0.4, -0.2) is 24.5 Å². The van der Waals surface area contributed by atoms with E-state index in [4.69, 9.17) is 13.0 Å². The Kier molecular flexibility index (Phi) is 2.53. The maximum absolute atomic E-state index is 9.06. The minimum atomic E-state index is -0.310. The minimum Gasteiger partial charge on any atom is -0.395 e. The Balaban J connectivity index is 3.03. The van der Waals surface area contributed by atoms with Gasteiger partial charge in [0.1, 0.15) is 7.85 Å². The highest BCUT2D eigenvalue weighted by Gasteiger charge is 2.20. The second kappa shape index (κ2) is 3.27. The van der Waals surface area contributed by atoms with Crippen LogP contribution in [0.1, 0.15) is 19.5 Å². The van der Waals surface area contributed by atoms with E-state index in [1.54, 1.807) is 18.3 Å². The molecule has 0 spiro atoms. The number of rotatable bonds is 2. The number of pyridine rings is 1. The van der Waals surface area contributed by atoms with E-state index in [1.165, 1.54) is 0 Å². The van der Waals surface area contributed by atoms with Crippen molar-refractivity contribution < 1.29 is 5.11 Å². The lowest BCUT2D eigenvalue weighted by molar-refractivity contribution is 0.215. The summed E-state index contributed by atoms with van der Waals surface area (Å²) in [4.78, 5) is 4.14. The molecule has 0 saturated heterocycles. The fraction of sp³-hybridized carbons (Fsp3) is 0.444. The number of aliphatic hydroxyl groups excluding tert-OH is 1. The lowest BCUT2D eigenvalue weighted by Crippen LogP contribution is -2.25. The van der Waals surface area contributed by atoms with Crippen molar-refractivity contribution in [1.29, 1.82) is 0 Å². The maximum Gasteiger partial charge on any atom is 0.113 e. The fourth-order valence-electron chi connectivity index (χ4n) is 0.898. The molecule has 1 heterocycles. The van der Waals surface area contributed by atoms with Crippen LogP contribution >= 0.6 is 0 Å². The van der Waals surface area contributed by atoms with Crippen LogP contribution in [-0.2, 0) is 5.41 Å². The second-order valence-corrected chi connectivity index (χ2v) is 3.52. The molecule has 12 heavy (non-hydrogen) atoms. The van der Waals surface area contributed by atoms with Crippen LogP contribution in [0.5, 0.6) is 0 Å². The summed E-state index contributed by atoms with van der Waals surface area (Å²) in [6, 6.07) is 3.52. The summed E-state index contributed by atoms with van der Waals surface area (Å²) in [5, 5.41) is 9.06. The smallest absolute Gasteiger partial charge is 0.113 e. The molecular weight excluding hydrogens is 149 g/mol. The molecule has 0 aromatic carbocycles. The first-order chi connectivity index (χ1) is 5.56. The van der Waals surface area contributed by atoms with E-state index in [0.29, 0.717) is 5.46 Å². The van der Waals surface area contributed by atoms with Gasteiger partial charge < -0.3 is 5.11 Å². The van der Waals surface area contributed by atoms with Gasteiger partial charge in [0.25, 0.3) is 0 Å². The van der Waals surface area contributed by atoms with Crippen molar-refractivity contribution in [3.8, 4) is 0 Å². The van der Waals surface area contributed by atoms with Gasteiger partial charge in [-0.05, 0) is 6.07 Å². The zero-order valence-corrected chi connectivity index (χ0v) is 7.41. The molecule has 2 nitrogen and oxygen atoms in total. The monoisotopic (exact) mass is 161 g/mol. The molecule has 0 unspecified atom stereocenters. The Morgan fingerprint density at radius 2 is 2.25 bits per heavy atom.